The number of likely N-dealkylation sites (tertiary alicyclic amines) is 1. The van der Waals surface area contributed by atoms with E-state index in [-0.39, 0.29) is 6.03 Å². The van der Waals surface area contributed by atoms with Crippen molar-refractivity contribution < 1.29 is 9.53 Å². The number of carbonyl (C=O) groups excluding carboxylic acids is 1. The normalized spacial score (nSPS) is 16.2. The number of rotatable bonds is 5. The van der Waals surface area contributed by atoms with Gasteiger partial charge in [-0.2, -0.15) is 4.68 Å². The Labute approximate surface area is 159 Å². The highest BCUT2D eigenvalue weighted by atomic mass is 32.1. The van der Waals surface area contributed by atoms with Crippen LogP contribution in [0.4, 0.5) is 4.79 Å². The molecule has 2 N–H and O–H groups in total. The summed E-state index contributed by atoms with van der Waals surface area (Å²) in [4.78, 5) is 17.8. The Kier molecular flexibility index (Phi) is 4.97. The number of amides is 2. The number of tetrazole rings is 1. The second kappa shape index (κ2) is 7.70. The van der Waals surface area contributed by atoms with E-state index in [4.69, 9.17) is 15.5 Å². The van der Waals surface area contributed by atoms with Crippen molar-refractivity contribution in [2.24, 2.45) is 5.73 Å². The highest BCUT2D eigenvalue weighted by Gasteiger charge is 2.27. The van der Waals surface area contributed by atoms with Crippen molar-refractivity contribution >= 4 is 17.4 Å². The molecule has 2 aromatic heterocycles. The van der Waals surface area contributed by atoms with Gasteiger partial charge in [0.2, 0.25) is 6.23 Å². The Morgan fingerprint density at radius 1 is 1.26 bits per heavy atom. The molecule has 4 rings (SSSR count). The Morgan fingerprint density at radius 2 is 2.04 bits per heavy atom. The third-order valence-corrected chi connectivity index (χ3v) is 5.57. The molecular weight excluding hydrogens is 366 g/mol. The van der Waals surface area contributed by atoms with Crippen LogP contribution in [0.25, 0.3) is 0 Å². The number of primary amides is 1. The van der Waals surface area contributed by atoms with E-state index in [0.717, 1.165) is 23.5 Å². The summed E-state index contributed by atoms with van der Waals surface area (Å²) in [5, 5.41) is 14.4. The standard InChI is InChI=1S/C17H19N7O2S/c18-17(25)23-8-6-12(7-9-23)15-20-14(10-27-15)16(24-11-19-21-22-24)26-13-4-2-1-3-5-13/h1-5,10-12,16H,6-9H2,(H2,18,25). The second-order valence-corrected chi connectivity index (χ2v) is 7.17. The van der Waals surface area contributed by atoms with Crippen molar-refractivity contribution in [1.82, 2.24) is 30.1 Å². The monoisotopic (exact) mass is 385 g/mol. The zero-order valence-corrected chi connectivity index (χ0v) is 15.3. The maximum Gasteiger partial charge on any atom is 0.314 e. The van der Waals surface area contributed by atoms with Crippen LogP contribution < -0.4 is 10.5 Å². The lowest BCUT2D eigenvalue weighted by molar-refractivity contribution is 0.152. The minimum Gasteiger partial charge on any atom is -0.463 e. The number of piperidine rings is 1. The molecule has 1 saturated heterocycles. The largest absolute Gasteiger partial charge is 0.463 e. The number of carbonyl (C=O) groups is 1. The second-order valence-electron chi connectivity index (χ2n) is 6.28. The molecule has 0 saturated carbocycles. The number of para-hydroxylation sites is 1. The molecule has 140 valence electrons. The SMILES string of the molecule is NC(=O)N1CCC(c2nc(C(Oc3ccccc3)n3cnnn3)cs2)CC1. The Hall–Kier alpha value is -3.01. The summed E-state index contributed by atoms with van der Waals surface area (Å²) in [5.41, 5.74) is 6.11. The van der Waals surface area contributed by atoms with Crippen LogP contribution in [0.2, 0.25) is 0 Å². The van der Waals surface area contributed by atoms with Gasteiger partial charge >= 0.3 is 6.03 Å². The van der Waals surface area contributed by atoms with E-state index >= 15 is 0 Å². The van der Waals surface area contributed by atoms with Crippen molar-refractivity contribution in [2.75, 3.05) is 13.1 Å². The average Bonchev–Trinajstić information content (AvgIpc) is 3.39. The molecule has 0 spiro atoms. The molecule has 10 heteroatoms. The summed E-state index contributed by atoms with van der Waals surface area (Å²) in [5.74, 6) is 1.02. The third kappa shape index (κ3) is 3.90. The zero-order valence-electron chi connectivity index (χ0n) is 14.5. The molecule has 1 fully saturated rings. The number of hydrogen-bond donors (Lipinski definition) is 1. The highest BCUT2D eigenvalue weighted by molar-refractivity contribution is 7.09. The number of thiazole rings is 1. The van der Waals surface area contributed by atoms with Gasteiger partial charge in [-0.1, -0.05) is 18.2 Å². The summed E-state index contributed by atoms with van der Waals surface area (Å²) in [6.07, 6.45) is 2.67. The maximum atomic E-state index is 11.3. The lowest BCUT2D eigenvalue weighted by Crippen LogP contribution is -2.41. The molecule has 0 bridgehead atoms. The van der Waals surface area contributed by atoms with E-state index in [9.17, 15) is 4.79 Å². The summed E-state index contributed by atoms with van der Waals surface area (Å²) in [6.45, 7) is 1.32. The lowest BCUT2D eigenvalue weighted by atomic mass is 9.98. The van der Waals surface area contributed by atoms with Crippen LogP contribution in [0.15, 0.2) is 42.0 Å². The molecule has 1 aliphatic rings. The zero-order chi connectivity index (χ0) is 18.6. The fourth-order valence-corrected chi connectivity index (χ4v) is 4.10. The summed E-state index contributed by atoms with van der Waals surface area (Å²) >= 11 is 1.59. The van der Waals surface area contributed by atoms with Gasteiger partial charge in [-0.25, -0.2) is 9.78 Å². The van der Waals surface area contributed by atoms with Crippen molar-refractivity contribution in [3.63, 3.8) is 0 Å². The van der Waals surface area contributed by atoms with E-state index in [1.54, 1.807) is 20.9 Å². The van der Waals surface area contributed by atoms with Crippen molar-refractivity contribution in [3.05, 3.63) is 52.7 Å². The van der Waals surface area contributed by atoms with Gasteiger partial charge in [0.1, 0.15) is 17.8 Å². The topological polar surface area (TPSA) is 112 Å². The Morgan fingerprint density at radius 3 is 2.70 bits per heavy atom. The molecule has 0 aliphatic carbocycles. The van der Waals surface area contributed by atoms with Gasteiger partial charge in [0.15, 0.2) is 0 Å². The average molecular weight is 385 g/mol. The van der Waals surface area contributed by atoms with Gasteiger partial charge in [0.25, 0.3) is 0 Å². The molecule has 1 aromatic carbocycles. The first kappa shape index (κ1) is 17.4. The van der Waals surface area contributed by atoms with E-state index in [2.05, 4.69) is 15.5 Å². The number of benzene rings is 1. The molecular formula is C17H19N7O2S. The fraction of sp³-hybridized carbons (Fsp3) is 0.353. The van der Waals surface area contributed by atoms with Gasteiger partial charge in [0, 0.05) is 24.4 Å². The van der Waals surface area contributed by atoms with E-state index < -0.39 is 6.23 Å². The molecule has 1 unspecified atom stereocenters. The molecule has 0 radical (unpaired) electrons. The molecule has 3 heterocycles. The van der Waals surface area contributed by atoms with Crippen LogP contribution in [0, 0.1) is 0 Å². The summed E-state index contributed by atoms with van der Waals surface area (Å²) < 4.78 is 7.63. The van der Waals surface area contributed by atoms with E-state index in [0.29, 0.717) is 24.8 Å². The van der Waals surface area contributed by atoms with Crippen LogP contribution >= 0.6 is 11.3 Å². The molecule has 1 atom stereocenters. The smallest absolute Gasteiger partial charge is 0.314 e. The molecule has 2 amide bonds. The first-order chi connectivity index (χ1) is 13.2. The number of hydrogen-bond acceptors (Lipinski definition) is 7. The quantitative estimate of drug-likeness (QED) is 0.719. The highest BCUT2D eigenvalue weighted by Crippen LogP contribution is 2.32. The molecule has 9 nitrogen and oxygen atoms in total. The van der Waals surface area contributed by atoms with Crippen molar-refractivity contribution in [1.29, 1.82) is 0 Å². The van der Waals surface area contributed by atoms with Crippen molar-refractivity contribution in [2.45, 2.75) is 25.0 Å². The predicted octanol–water partition coefficient (Wildman–Crippen LogP) is 2.01. The fourth-order valence-electron chi connectivity index (χ4n) is 3.10. The van der Waals surface area contributed by atoms with Crippen molar-refractivity contribution in [3.8, 4) is 5.75 Å². The minimum absolute atomic E-state index is 0.311. The van der Waals surface area contributed by atoms with Gasteiger partial charge in [0.05, 0.1) is 5.01 Å². The first-order valence-electron chi connectivity index (χ1n) is 8.64. The summed E-state index contributed by atoms with van der Waals surface area (Å²) in [7, 11) is 0. The van der Waals surface area contributed by atoms with Crippen LogP contribution in [-0.4, -0.2) is 49.2 Å². The number of urea groups is 1. The predicted molar refractivity (Wildman–Crippen MR) is 98.3 cm³/mol. The first-order valence-corrected chi connectivity index (χ1v) is 9.52. The van der Waals surface area contributed by atoms with Crippen LogP contribution in [0.1, 0.15) is 35.7 Å². The van der Waals surface area contributed by atoms with E-state index in [1.165, 1.54) is 6.33 Å². The van der Waals surface area contributed by atoms with E-state index in [1.807, 2.05) is 35.7 Å². The van der Waals surface area contributed by atoms with Gasteiger partial charge in [-0.05, 0) is 35.4 Å². The van der Waals surface area contributed by atoms with Gasteiger partial charge < -0.3 is 15.4 Å². The molecule has 27 heavy (non-hydrogen) atoms. The minimum atomic E-state index is -0.543. The van der Waals surface area contributed by atoms with Crippen LogP contribution in [0.5, 0.6) is 5.75 Å². The molecule has 3 aromatic rings. The maximum absolute atomic E-state index is 11.3. The third-order valence-electron chi connectivity index (χ3n) is 4.54. The van der Waals surface area contributed by atoms with Crippen LogP contribution in [-0.2, 0) is 0 Å². The molecule has 1 aliphatic heterocycles. The number of ether oxygens (including phenoxy) is 1. The number of aromatic nitrogens is 5. The number of nitrogens with zero attached hydrogens (tertiary/aromatic N) is 6. The van der Waals surface area contributed by atoms with Crippen LogP contribution in [0.3, 0.4) is 0 Å². The Bertz CT molecular complexity index is 876. The van der Waals surface area contributed by atoms with Gasteiger partial charge in [-0.15, -0.1) is 16.4 Å². The van der Waals surface area contributed by atoms with Gasteiger partial charge in [-0.3, -0.25) is 0 Å². The summed E-state index contributed by atoms with van der Waals surface area (Å²) in [6, 6.07) is 9.14. The lowest BCUT2D eigenvalue weighted by Gasteiger charge is -2.29. The Balaban J connectivity index is 1.53. The number of nitrogens with two attached hydrogens (primary N) is 1.